The van der Waals surface area contributed by atoms with Gasteiger partial charge in [0.25, 0.3) is 0 Å². The minimum Gasteiger partial charge on any atom is -0.352 e. The van der Waals surface area contributed by atoms with E-state index in [1.54, 1.807) is 17.0 Å². The van der Waals surface area contributed by atoms with Gasteiger partial charge in [0.2, 0.25) is 11.8 Å². The van der Waals surface area contributed by atoms with Crippen molar-refractivity contribution in [3.8, 4) is 0 Å². The fraction of sp³-hybridized carbons (Fsp3) is 0.310. The standard InChI is InChI=1S/C29H33ClN2O2/c1-4-22(3)31-29(34)27(18-23-10-6-5-7-11-23)32(20-25-12-8-9-21(2)17-25)28(33)19-24-13-15-26(30)16-14-24/h5-17,22,27H,4,18-20H2,1-3H3,(H,31,34)/t22-,27-/m0/s1. The predicted molar refractivity (Wildman–Crippen MR) is 139 cm³/mol. The van der Waals surface area contributed by atoms with Gasteiger partial charge < -0.3 is 10.2 Å². The Hall–Kier alpha value is -3.11. The fourth-order valence-electron chi connectivity index (χ4n) is 3.88. The number of halogens is 1. The number of rotatable bonds is 10. The van der Waals surface area contributed by atoms with Crippen molar-refractivity contribution in [3.63, 3.8) is 0 Å². The molecule has 2 amide bonds. The normalized spacial score (nSPS) is 12.6. The van der Waals surface area contributed by atoms with Gasteiger partial charge in [-0.15, -0.1) is 0 Å². The molecule has 3 aromatic rings. The lowest BCUT2D eigenvalue weighted by molar-refractivity contribution is -0.141. The first-order valence-corrected chi connectivity index (χ1v) is 12.2. The number of carbonyl (C=O) groups excluding carboxylic acids is 2. The van der Waals surface area contributed by atoms with Crippen LogP contribution >= 0.6 is 11.6 Å². The molecule has 3 aromatic carbocycles. The summed E-state index contributed by atoms with van der Waals surface area (Å²) in [4.78, 5) is 28.9. The Morgan fingerprint density at radius 1 is 0.912 bits per heavy atom. The Kier molecular flexibility index (Phi) is 9.29. The number of nitrogens with one attached hydrogen (secondary N) is 1. The van der Waals surface area contributed by atoms with Gasteiger partial charge in [-0.05, 0) is 49.1 Å². The fourth-order valence-corrected chi connectivity index (χ4v) is 4.01. The van der Waals surface area contributed by atoms with E-state index >= 15 is 0 Å². The van der Waals surface area contributed by atoms with Gasteiger partial charge in [0.15, 0.2) is 0 Å². The molecule has 3 rings (SSSR count). The van der Waals surface area contributed by atoms with Gasteiger partial charge in [0, 0.05) is 24.0 Å². The van der Waals surface area contributed by atoms with Crippen molar-refractivity contribution >= 4 is 23.4 Å². The molecule has 1 N–H and O–H groups in total. The zero-order valence-corrected chi connectivity index (χ0v) is 20.9. The molecule has 4 nitrogen and oxygen atoms in total. The minimum atomic E-state index is -0.628. The molecule has 0 saturated carbocycles. The number of hydrogen-bond acceptors (Lipinski definition) is 2. The zero-order chi connectivity index (χ0) is 24.5. The predicted octanol–water partition coefficient (Wildman–Crippen LogP) is 5.75. The minimum absolute atomic E-state index is 0.0259. The molecule has 178 valence electrons. The summed E-state index contributed by atoms with van der Waals surface area (Å²) >= 11 is 6.03. The van der Waals surface area contributed by atoms with Crippen LogP contribution in [0.15, 0.2) is 78.9 Å². The van der Waals surface area contributed by atoms with E-state index in [2.05, 4.69) is 11.4 Å². The molecule has 0 radical (unpaired) electrons. The summed E-state index contributed by atoms with van der Waals surface area (Å²) in [5, 5.41) is 3.73. The maximum atomic E-state index is 13.7. The highest BCUT2D eigenvalue weighted by Gasteiger charge is 2.31. The topological polar surface area (TPSA) is 49.4 Å². The molecule has 34 heavy (non-hydrogen) atoms. The summed E-state index contributed by atoms with van der Waals surface area (Å²) in [6.45, 7) is 6.41. The molecule has 0 aliphatic carbocycles. The van der Waals surface area contributed by atoms with Gasteiger partial charge in [-0.1, -0.05) is 90.8 Å². The Morgan fingerprint density at radius 2 is 1.59 bits per heavy atom. The summed E-state index contributed by atoms with van der Waals surface area (Å²) < 4.78 is 0. The van der Waals surface area contributed by atoms with E-state index in [9.17, 15) is 9.59 Å². The molecule has 0 fully saturated rings. The number of hydrogen-bond donors (Lipinski definition) is 1. The zero-order valence-electron chi connectivity index (χ0n) is 20.1. The molecule has 0 aliphatic heterocycles. The van der Waals surface area contributed by atoms with Crippen LogP contribution in [0.25, 0.3) is 0 Å². The smallest absolute Gasteiger partial charge is 0.243 e. The number of benzene rings is 3. The monoisotopic (exact) mass is 476 g/mol. The van der Waals surface area contributed by atoms with Crippen LogP contribution in [-0.4, -0.2) is 28.8 Å². The second kappa shape index (κ2) is 12.4. The summed E-state index contributed by atoms with van der Waals surface area (Å²) in [5.41, 5.74) is 4.00. The first-order valence-electron chi connectivity index (χ1n) is 11.8. The highest BCUT2D eigenvalue weighted by Crippen LogP contribution is 2.18. The Labute approximate surface area is 207 Å². The molecule has 0 heterocycles. The number of nitrogens with zero attached hydrogens (tertiary/aromatic N) is 1. The SMILES string of the molecule is CC[C@H](C)NC(=O)[C@H](Cc1ccccc1)N(Cc1cccc(C)c1)C(=O)Cc1ccc(Cl)cc1. The van der Waals surface area contributed by atoms with Crippen LogP contribution in [-0.2, 0) is 29.0 Å². The molecular weight excluding hydrogens is 444 g/mol. The van der Waals surface area contributed by atoms with E-state index in [1.165, 1.54) is 0 Å². The lowest BCUT2D eigenvalue weighted by Crippen LogP contribution is -2.52. The molecule has 2 atom stereocenters. The first-order chi connectivity index (χ1) is 16.4. The third-order valence-electron chi connectivity index (χ3n) is 5.98. The lowest BCUT2D eigenvalue weighted by Gasteiger charge is -2.32. The number of amides is 2. The maximum Gasteiger partial charge on any atom is 0.243 e. The maximum absolute atomic E-state index is 13.7. The second-order valence-electron chi connectivity index (χ2n) is 8.84. The van der Waals surface area contributed by atoms with Gasteiger partial charge in [-0.3, -0.25) is 9.59 Å². The van der Waals surface area contributed by atoms with Gasteiger partial charge in [-0.2, -0.15) is 0 Å². The van der Waals surface area contributed by atoms with Gasteiger partial charge in [0.1, 0.15) is 6.04 Å². The van der Waals surface area contributed by atoms with E-state index in [1.807, 2.05) is 81.4 Å². The van der Waals surface area contributed by atoms with Crippen molar-refractivity contribution in [1.29, 1.82) is 0 Å². The second-order valence-corrected chi connectivity index (χ2v) is 9.27. The number of carbonyl (C=O) groups is 2. The molecule has 5 heteroatoms. The molecule has 0 saturated heterocycles. The Morgan fingerprint density at radius 3 is 2.24 bits per heavy atom. The van der Waals surface area contributed by atoms with Crippen molar-refractivity contribution in [2.75, 3.05) is 0 Å². The summed E-state index contributed by atoms with van der Waals surface area (Å²) in [7, 11) is 0. The Bertz CT molecular complexity index is 1080. The summed E-state index contributed by atoms with van der Waals surface area (Å²) in [6.07, 6.45) is 1.46. The van der Waals surface area contributed by atoms with Crippen molar-refractivity contribution in [2.45, 2.75) is 58.7 Å². The van der Waals surface area contributed by atoms with Crippen molar-refractivity contribution < 1.29 is 9.59 Å². The summed E-state index contributed by atoms with van der Waals surface area (Å²) in [5.74, 6) is -0.223. The highest BCUT2D eigenvalue weighted by atomic mass is 35.5. The van der Waals surface area contributed by atoms with E-state index in [4.69, 9.17) is 11.6 Å². The first kappa shape index (κ1) is 25.5. The third kappa shape index (κ3) is 7.46. The summed E-state index contributed by atoms with van der Waals surface area (Å²) in [6, 6.07) is 24.6. The molecule has 0 aromatic heterocycles. The molecule has 0 unspecified atom stereocenters. The molecular formula is C29H33ClN2O2. The van der Waals surface area contributed by atoms with Crippen LogP contribution in [0, 0.1) is 6.92 Å². The van der Waals surface area contributed by atoms with Crippen molar-refractivity contribution in [1.82, 2.24) is 10.2 Å². The van der Waals surface area contributed by atoms with Crippen LogP contribution in [0.4, 0.5) is 0 Å². The molecule has 0 spiro atoms. The Balaban J connectivity index is 1.96. The van der Waals surface area contributed by atoms with Crippen molar-refractivity contribution in [3.05, 3.63) is 106 Å². The van der Waals surface area contributed by atoms with Gasteiger partial charge >= 0.3 is 0 Å². The van der Waals surface area contributed by atoms with Crippen molar-refractivity contribution in [2.24, 2.45) is 0 Å². The van der Waals surface area contributed by atoms with E-state index in [0.717, 1.165) is 28.7 Å². The van der Waals surface area contributed by atoms with Crippen LogP contribution in [0.3, 0.4) is 0 Å². The van der Waals surface area contributed by atoms with Gasteiger partial charge in [0.05, 0.1) is 6.42 Å². The highest BCUT2D eigenvalue weighted by molar-refractivity contribution is 6.30. The quantitative estimate of drug-likeness (QED) is 0.405. The average Bonchev–Trinajstić information content (AvgIpc) is 2.83. The third-order valence-corrected chi connectivity index (χ3v) is 6.23. The average molecular weight is 477 g/mol. The van der Waals surface area contributed by atoms with Crippen LogP contribution in [0.1, 0.15) is 42.5 Å². The number of aryl methyl sites for hydroxylation is 1. The molecule has 0 bridgehead atoms. The van der Waals surface area contributed by atoms with Gasteiger partial charge in [-0.25, -0.2) is 0 Å². The lowest BCUT2D eigenvalue weighted by atomic mass is 10.0. The largest absolute Gasteiger partial charge is 0.352 e. The van der Waals surface area contributed by atoms with Crippen LogP contribution in [0.5, 0.6) is 0 Å². The van der Waals surface area contributed by atoms with E-state index < -0.39 is 6.04 Å². The van der Waals surface area contributed by atoms with E-state index in [-0.39, 0.29) is 24.3 Å². The van der Waals surface area contributed by atoms with Crippen LogP contribution < -0.4 is 5.32 Å². The van der Waals surface area contributed by atoms with Crippen LogP contribution in [0.2, 0.25) is 5.02 Å². The molecule has 0 aliphatic rings. The van der Waals surface area contributed by atoms with E-state index in [0.29, 0.717) is 18.0 Å².